The highest BCUT2D eigenvalue weighted by atomic mass is 16.5. The Kier molecular flexibility index (Phi) is 5.38. The Morgan fingerprint density at radius 2 is 2.03 bits per heavy atom. The monoisotopic (exact) mass is 482 g/mol. The molecule has 3 fully saturated rings. The second kappa shape index (κ2) is 8.77. The molecule has 2 N–H and O–H groups in total. The maximum atomic E-state index is 12.9. The van der Waals surface area contributed by atoms with Crippen molar-refractivity contribution in [1.82, 2.24) is 4.90 Å². The Balaban J connectivity index is 0.975. The Bertz CT molecular complexity index is 1250. The van der Waals surface area contributed by atoms with Crippen LogP contribution < -0.4 is 10.6 Å². The quantitative estimate of drug-likeness (QED) is 0.571. The number of aliphatic imine (C=N–C) groups is 1. The summed E-state index contributed by atoms with van der Waals surface area (Å²) < 4.78 is 5.95. The number of aryl methyl sites for hydroxylation is 1. The molecule has 0 aromatic heterocycles. The van der Waals surface area contributed by atoms with Crippen LogP contribution in [0.25, 0.3) is 0 Å². The zero-order chi connectivity index (χ0) is 24.2. The number of nitrogens with one attached hydrogen (secondary N) is 2. The molecule has 186 valence electrons. The molecule has 0 radical (unpaired) electrons. The summed E-state index contributed by atoms with van der Waals surface area (Å²) in [6.45, 7) is 5.98. The van der Waals surface area contributed by atoms with Crippen molar-refractivity contribution in [3.05, 3.63) is 71.3 Å². The van der Waals surface area contributed by atoms with E-state index in [1.165, 1.54) is 29.7 Å². The molecule has 5 atom stereocenters. The van der Waals surface area contributed by atoms with E-state index in [1.54, 1.807) is 0 Å². The fourth-order valence-electron chi connectivity index (χ4n) is 7.32. The van der Waals surface area contributed by atoms with Gasteiger partial charge < -0.3 is 15.4 Å². The van der Waals surface area contributed by atoms with Crippen LogP contribution in [-0.2, 0) is 22.6 Å². The van der Waals surface area contributed by atoms with Crippen molar-refractivity contribution in [2.75, 3.05) is 17.2 Å². The average Bonchev–Trinajstić information content (AvgIpc) is 3.47. The lowest BCUT2D eigenvalue weighted by Gasteiger charge is -2.43. The van der Waals surface area contributed by atoms with Crippen molar-refractivity contribution >= 4 is 23.3 Å². The Morgan fingerprint density at radius 1 is 1.14 bits per heavy atom. The summed E-state index contributed by atoms with van der Waals surface area (Å²) in [5, 5.41) is 6.49. The van der Waals surface area contributed by atoms with Crippen molar-refractivity contribution in [3.63, 3.8) is 0 Å². The lowest BCUT2D eigenvalue weighted by atomic mass is 9.83. The standard InChI is InChI=1S/C30H34N4O2/c1-18-10-24-11-19(12-25-15-21(18)16-34(24)25)13-29(35)31-23-7-9-27-22(14-23)17-36-30(32-27)33-28-8-6-20-4-2-3-5-26(20)28/h2-5,7,9,14,19,21,24-25,28H,1,6,8,10-13,15-17H2,(H,31,35)(H,32,33)/t19?,21?,24?,25?,28-/m1/s1. The molecule has 4 unspecified atom stereocenters. The minimum atomic E-state index is 0.117. The molecule has 3 saturated heterocycles. The van der Waals surface area contributed by atoms with Crippen LogP contribution in [0.1, 0.15) is 61.3 Å². The zero-order valence-corrected chi connectivity index (χ0v) is 20.7. The second-order valence-electron chi connectivity index (χ2n) is 11.4. The Hall–Kier alpha value is -3.12. The Labute approximate surface area is 212 Å². The van der Waals surface area contributed by atoms with E-state index >= 15 is 0 Å². The molecule has 2 aromatic carbocycles. The molecule has 6 nitrogen and oxygen atoms in total. The number of carbonyl (C=O) groups excluding carboxylic acids is 1. The largest absolute Gasteiger partial charge is 0.460 e. The Morgan fingerprint density at radius 3 is 2.97 bits per heavy atom. The first-order valence-electron chi connectivity index (χ1n) is 13.5. The first kappa shape index (κ1) is 22.1. The van der Waals surface area contributed by atoms with Gasteiger partial charge in [-0.1, -0.05) is 36.4 Å². The molecule has 36 heavy (non-hydrogen) atoms. The van der Waals surface area contributed by atoms with Crippen LogP contribution in [0.5, 0.6) is 0 Å². The van der Waals surface area contributed by atoms with E-state index in [0.29, 0.717) is 43.0 Å². The summed E-state index contributed by atoms with van der Waals surface area (Å²) >= 11 is 0. The van der Waals surface area contributed by atoms with E-state index in [4.69, 9.17) is 9.73 Å². The zero-order valence-electron chi connectivity index (χ0n) is 20.7. The normalized spacial score (nSPS) is 31.4. The van der Waals surface area contributed by atoms with Crippen molar-refractivity contribution in [3.8, 4) is 0 Å². The third kappa shape index (κ3) is 4.01. The highest BCUT2D eigenvalue weighted by molar-refractivity contribution is 5.94. The van der Waals surface area contributed by atoms with Gasteiger partial charge in [0.2, 0.25) is 5.91 Å². The van der Waals surface area contributed by atoms with Crippen molar-refractivity contribution in [1.29, 1.82) is 0 Å². The van der Waals surface area contributed by atoms with Gasteiger partial charge in [-0.2, -0.15) is 0 Å². The molecule has 6 heteroatoms. The minimum Gasteiger partial charge on any atom is -0.460 e. The van der Waals surface area contributed by atoms with E-state index in [-0.39, 0.29) is 11.9 Å². The van der Waals surface area contributed by atoms with Crippen molar-refractivity contribution in [2.24, 2.45) is 16.8 Å². The summed E-state index contributed by atoms with van der Waals surface area (Å²) in [6.07, 6.45) is 7.30. The van der Waals surface area contributed by atoms with Gasteiger partial charge in [0.05, 0.1) is 6.04 Å². The van der Waals surface area contributed by atoms with Gasteiger partial charge in [-0.15, -0.1) is 0 Å². The van der Waals surface area contributed by atoms with Gasteiger partial charge >= 0.3 is 0 Å². The van der Waals surface area contributed by atoms with E-state index in [9.17, 15) is 4.79 Å². The van der Waals surface area contributed by atoms with Gasteiger partial charge in [0.25, 0.3) is 6.02 Å². The number of fused-ring (bicyclic) bond motifs is 3. The SMILES string of the molecule is C=C1CC2CC(CC(=O)Nc3ccc4c(c3)COC(=N[C@@H]3CCc5ccccc53)N4)CC3CC1CN23. The van der Waals surface area contributed by atoms with Gasteiger partial charge in [0, 0.05) is 42.0 Å². The number of ether oxygens (including phenoxy) is 1. The van der Waals surface area contributed by atoms with Crippen LogP contribution in [0.2, 0.25) is 0 Å². The molecule has 2 bridgehead atoms. The van der Waals surface area contributed by atoms with Crippen LogP contribution >= 0.6 is 0 Å². The number of amides is 1. The molecule has 1 aliphatic carbocycles. The first-order chi connectivity index (χ1) is 17.6. The maximum Gasteiger partial charge on any atom is 0.290 e. The molecular weight excluding hydrogens is 448 g/mol. The van der Waals surface area contributed by atoms with Crippen LogP contribution in [0.3, 0.4) is 0 Å². The summed E-state index contributed by atoms with van der Waals surface area (Å²) in [6, 6.07) is 16.5. The fraction of sp³-hybridized carbons (Fsp3) is 0.467. The van der Waals surface area contributed by atoms with Crippen LogP contribution in [0.4, 0.5) is 11.4 Å². The molecule has 4 heterocycles. The first-order valence-corrected chi connectivity index (χ1v) is 13.5. The average molecular weight is 483 g/mol. The lowest BCUT2D eigenvalue weighted by Crippen LogP contribution is -2.47. The van der Waals surface area contributed by atoms with Gasteiger partial charge in [-0.3, -0.25) is 9.69 Å². The van der Waals surface area contributed by atoms with Crippen molar-refractivity contribution < 1.29 is 9.53 Å². The fourth-order valence-corrected chi connectivity index (χ4v) is 7.32. The van der Waals surface area contributed by atoms with Gasteiger partial charge in [-0.05, 0) is 79.7 Å². The minimum absolute atomic E-state index is 0.117. The maximum absolute atomic E-state index is 12.9. The third-order valence-electron chi connectivity index (χ3n) is 9.06. The predicted molar refractivity (Wildman–Crippen MR) is 142 cm³/mol. The molecule has 5 aliphatic rings. The van der Waals surface area contributed by atoms with E-state index < -0.39 is 0 Å². The number of carbonyl (C=O) groups is 1. The number of anilines is 2. The van der Waals surface area contributed by atoms with Crippen LogP contribution in [0, 0.1) is 11.8 Å². The smallest absolute Gasteiger partial charge is 0.290 e. The van der Waals surface area contributed by atoms with Gasteiger partial charge in [0.15, 0.2) is 0 Å². The number of amidine groups is 1. The summed E-state index contributed by atoms with van der Waals surface area (Å²) in [7, 11) is 0. The topological polar surface area (TPSA) is 66.0 Å². The summed E-state index contributed by atoms with van der Waals surface area (Å²) in [5.41, 5.74) is 6.99. The number of hydrogen-bond acceptors (Lipinski definition) is 4. The van der Waals surface area contributed by atoms with E-state index in [1.807, 2.05) is 18.2 Å². The summed E-state index contributed by atoms with van der Waals surface area (Å²) in [5.74, 6) is 1.26. The number of piperidine rings is 2. The molecule has 2 aromatic rings. The number of benzene rings is 2. The van der Waals surface area contributed by atoms with E-state index in [0.717, 1.165) is 49.0 Å². The lowest BCUT2D eigenvalue weighted by molar-refractivity contribution is -0.117. The molecule has 1 amide bonds. The van der Waals surface area contributed by atoms with Crippen molar-refractivity contribution in [2.45, 2.75) is 69.7 Å². The number of rotatable bonds is 4. The number of hydrogen-bond donors (Lipinski definition) is 2. The van der Waals surface area contributed by atoms with Gasteiger partial charge in [0.1, 0.15) is 6.61 Å². The van der Waals surface area contributed by atoms with Gasteiger partial charge in [-0.25, -0.2) is 4.99 Å². The summed E-state index contributed by atoms with van der Waals surface area (Å²) in [4.78, 5) is 20.5. The van der Waals surface area contributed by atoms with Crippen LogP contribution in [0.15, 0.2) is 59.6 Å². The highest BCUT2D eigenvalue weighted by Crippen LogP contribution is 2.46. The third-order valence-corrected chi connectivity index (χ3v) is 9.06. The molecule has 0 spiro atoms. The molecule has 0 saturated carbocycles. The molecular formula is C30H34N4O2. The van der Waals surface area contributed by atoms with E-state index in [2.05, 4.69) is 46.4 Å². The number of nitrogens with zero attached hydrogens (tertiary/aromatic N) is 2. The highest BCUT2D eigenvalue weighted by Gasteiger charge is 2.46. The van der Waals surface area contributed by atoms with Crippen LogP contribution in [-0.4, -0.2) is 35.5 Å². The second-order valence-corrected chi connectivity index (χ2v) is 11.4. The molecule has 7 rings (SSSR count). The predicted octanol–water partition coefficient (Wildman–Crippen LogP) is 5.43. The molecule has 4 aliphatic heterocycles.